The number of rotatable bonds is 2. The van der Waals surface area contributed by atoms with Crippen LogP contribution >= 0.6 is 23.2 Å². The molecule has 0 atom stereocenters. The molecule has 3 N–H and O–H groups in total. The maximum absolute atomic E-state index is 13.2. The molecule has 5 heteroatoms. The molecule has 0 bridgehead atoms. The first-order valence-electron chi connectivity index (χ1n) is 5.25. The van der Waals surface area contributed by atoms with E-state index >= 15 is 0 Å². The quantitative estimate of drug-likeness (QED) is 0.780. The number of anilines is 3. The number of nitrogens with two attached hydrogens (primary N) is 1. The standard InChI is InChI=1S/C13H11Cl2FN2/c1-7-2-3-8(16)4-12(7)18-13-6-10(15)9(14)5-11(13)17/h2-6,18H,17H2,1H3. The van der Waals surface area contributed by atoms with Crippen LogP contribution in [-0.2, 0) is 0 Å². The summed E-state index contributed by atoms with van der Waals surface area (Å²) in [5.74, 6) is -0.318. The Morgan fingerprint density at radius 3 is 2.44 bits per heavy atom. The summed E-state index contributed by atoms with van der Waals surface area (Å²) in [6.45, 7) is 1.87. The summed E-state index contributed by atoms with van der Waals surface area (Å²) in [5, 5.41) is 3.82. The zero-order chi connectivity index (χ0) is 13.3. The highest BCUT2D eigenvalue weighted by Crippen LogP contribution is 2.33. The number of hydrogen-bond donors (Lipinski definition) is 2. The lowest BCUT2D eigenvalue weighted by molar-refractivity contribution is 0.628. The van der Waals surface area contributed by atoms with Gasteiger partial charge in [0.15, 0.2) is 0 Å². The van der Waals surface area contributed by atoms with Crippen molar-refractivity contribution in [1.82, 2.24) is 0 Å². The Bertz CT molecular complexity index is 600. The van der Waals surface area contributed by atoms with Crippen molar-refractivity contribution in [2.24, 2.45) is 0 Å². The molecule has 0 saturated heterocycles. The first-order chi connectivity index (χ1) is 8.47. The lowest BCUT2D eigenvalue weighted by Gasteiger charge is -2.13. The van der Waals surface area contributed by atoms with Crippen LogP contribution < -0.4 is 11.1 Å². The maximum atomic E-state index is 13.2. The second-order valence-electron chi connectivity index (χ2n) is 3.94. The van der Waals surface area contributed by atoms with E-state index in [1.54, 1.807) is 18.2 Å². The van der Waals surface area contributed by atoms with E-state index in [0.29, 0.717) is 27.1 Å². The fourth-order valence-electron chi connectivity index (χ4n) is 1.54. The molecule has 0 spiro atoms. The van der Waals surface area contributed by atoms with Gasteiger partial charge in [0.2, 0.25) is 0 Å². The van der Waals surface area contributed by atoms with E-state index in [9.17, 15) is 4.39 Å². The zero-order valence-electron chi connectivity index (χ0n) is 9.60. The molecule has 2 nitrogen and oxygen atoms in total. The van der Waals surface area contributed by atoms with Gasteiger partial charge in [0, 0.05) is 5.69 Å². The molecule has 0 aliphatic carbocycles. The molecule has 0 radical (unpaired) electrons. The molecule has 18 heavy (non-hydrogen) atoms. The summed E-state index contributed by atoms with van der Waals surface area (Å²) >= 11 is 11.8. The second kappa shape index (κ2) is 5.04. The van der Waals surface area contributed by atoms with Crippen molar-refractivity contribution in [2.45, 2.75) is 6.92 Å². The van der Waals surface area contributed by atoms with Crippen LogP contribution in [0.2, 0.25) is 10.0 Å². The fraction of sp³-hybridized carbons (Fsp3) is 0.0769. The van der Waals surface area contributed by atoms with Crippen LogP contribution in [0.15, 0.2) is 30.3 Å². The Labute approximate surface area is 115 Å². The van der Waals surface area contributed by atoms with Gasteiger partial charge < -0.3 is 11.1 Å². The van der Waals surface area contributed by atoms with Gasteiger partial charge in [0.1, 0.15) is 5.82 Å². The monoisotopic (exact) mass is 284 g/mol. The zero-order valence-corrected chi connectivity index (χ0v) is 11.1. The van der Waals surface area contributed by atoms with Crippen LogP contribution in [0, 0.1) is 12.7 Å². The van der Waals surface area contributed by atoms with E-state index < -0.39 is 0 Å². The van der Waals surface area contributed by atoms with Gasteiger partial charge >= 0.3 is 0 Å². The van der Waals surface area contributed by atoms with Gasteiger partial charge in [-0.2, -0.15) is 0 Å². The Kier molecular flexibility index (Phi) is 3.64. The van der Waals surface area contributed by atoms with Crippen molar-refractivity contribution in [3.05, 3.63) is 51.8 Å². The van der Waals surface area contributed by atoms with Gasteiger partial charge in [0.05, 0.1) is 21.4 Å². The third kappa shape index (κ3) is 2.68. The van der Waals surface area contributed by atoms with Crippen molar-refractivity contribution >= 4 is 40.3 Å². The smallest absolute Gasteiger partial charge is 0.125 e. The average Bonchev–Trinajstić information content (AvgIpc) is 2.30. The Balaban J connectivity index is 2.40. The molecule has 94 valence electrons. The molecule has 0 aliphatic rings. The minimum absolute atomic E-state index is 0.318. The molecule has 0 saturated carbocycles. The number of nitrogen functional groups attached to an aromatic ring is 1. The van der Waals surface area contributed by atoms with Crippen molar-refractivity contribution in [3.63, 3.8) is 0 Å². The van der Waals surface area contributed by atoms with E-state index in [2.05, 4.69) is 5.32 Å². The predicted octanol–water partition coefficient (Wildman–Crippen LogP) is 4.77. The summed E-state index contributed by atoms with van der Waals surface area (Å²) in [7, 11) is 0. The number of hydrogen-bond acceptors (Lipinski definition) is 2. The number of halogens is 3. The molecule has 0 unspecified atom stereocenters. The molecular formula is C13H11Cl2FN2. The summed E-state index contributed by atoms with van der Waals surface area (Å²) < 4.78 is 13.2. The van der Waals surface area contributed by atoms with Crippen LogP contribution in [0.25, 0.3) is 0 Å². The van der Waals surface area contributed by atoms with E-state index in [4.69, 9.17) is 28.9 Å². The van der Waals surface area contributed by atoms with Crippen LogP contribution in [0.4, 0.5) is 21.5 Å². The molecule has 0 aromatic heterocycles. The highest BCUT2D eigenvalue weighted by molar-refractivity contribution is 6.42. The van der Waals surface area contributed by atoms with Gasteiger partial charge in [-0.05, 0) is 36.8 Å². The first kappa shape index (κ1) is 13.0. The Morgan fingerprint density at radius 1 is 1.06 bits per heavy atom. The van der Waals surface area contributed by atoms with E-state index in [-0.39, 0.29) is 5.82 Å². The molecule has 0 heterocycles. The first-order valence-corrected chi connectivity index (χ1v) is 6.00. The van der Waals surface area contributed by atoms with Crippen molar-refractivity contribution < 1.29 is 4.39 Å². The topological polar surface area (TPSA) is 38.0 Å². The third-order valence-corrected chi connectivity index (χ3v) is 3.28. The summed E-state index contributed by atoms with van der Waals surface area (Å²) in [4.78, 5) is 0. The maximum Gasteiger partial charge on any atom is 0.125 e. The molecule has 0 aliphatic heterocycles. The molecular weight excluding hydrogens is 274 g/mol. The van der Waals surface area contributed by atoms with Crippen LogP contribution in [-0.4, -0.2) is 0 Å². The number of aryl methyl sites for hydroxylation is 1. The van der Waals surface area contributed by atoms with Gasteiger partial charge in [0.25, 0.3) is 0 Å². The molecule has 0 fully saturated rings. The average molecular weight is 285 g/mol. The van der Waals surface area contributed by atoms with Gasteiger partial charge in [-0.1, -0.05) is 29.3 Å². The number of nitrogens with one attached hydrogen (secondary N) is 1. The van der Waals surface area contributed by atoms with Gasteiger partial charge in [-0.15, -0.1) is 0 Å². The van der Waals surface area contributed by atoms with Gasteiger partial charge in [-0.3, -0.25) is 0 Å². The van der Waals surface area contributed by atoms with Crippen molar-refractivity contribution in [1.29, 1.82) is 0 Å². The normalized spacial score (nSPS) is 10.4. The van der Waals surface area contributed by atoms with Crippen molar-refractivity contribution in [2.75, 3.05) is 11.1 Å². The predicted molar refractivity (Wildman–Crippen MR) is 75.3 cm³/mol. The molecule has 2 rings (SSSR count). The lowest BCUT2D eigenvalue weighted by Crippen LogP contribution is -1.98. The Hall–Kier alpha value is -1.45. The Morgan fingerprint density at radius 2 is 1.72 bits per heavy atom. The summed E-state index contributed by atoms with van der Waals surface area (Å²) in [6.07, 6.45) is 0. The largest absolute Gasteiger partial charge is 0.397 e. The van der Waals surface area contributed by atoms with Crippen LogP contribution in [0.3, 0.4) is 0 Å². The lowest BCUT2D eigenvalue weighted by atomic mass is 10.2. The van der Waals surface area contributed by atoms with Crippen LogP contribution in [0.1, 0.15) is 5.56 Å². The fourth-order valence-corrected chi connectivity index (χ4v) is 1.88. The number of benzene rings is 2. The molecule has 2 aromatic carbocycles. The minimum Gasteiger partial charge on any atom is -0.397 e. The summed E-state index contributed by atoms with van der Waals surface area (Å²) in [6, 6.07) is 7.66. The third-order valence-electron chi connectivity index (χ3n) is 2.56. The van der Waals surface area contributed by atoms with Crippen LogP contribution in [0.5, 0.6) is 0 Å². The highest BCUT2D eigenvalue weighted by atomic mass is 35.5. The van der Waals surface area contributed by atoms with Crippen molar-refractivity contribution in [3.8, 4) is 0 Å². The molecule has 2 aromatic rings. The van der Waals surface area contributed by atoms with Gasteiger partial charge in [-0.25, -0.2) is 4.39 Å². The SMILES string of the molecule is Cc1ccc(F)cc1Nc1cc(Cl)c(Cl)cc1N. The van der Waals surface area contributed by atoms with E-state index in [1.165, 1.54) is 12.1 Å². The van der Waals surface area contributed by atoms with E-state index in [1.807, 2.05) is 6.92 Å². The highest BCUT2D eigenvalue weighted by Gasteiger charge is 2.07. The van der Waals surface area contributed by atoms with E-state index in [0.717, 1.165) is 5.56 Å². The summed E-state index contributed by atoms with van der Waals surface area (Å²) in [5.41, 5.74) is 8.42. The second-order valence-corrected chi connectivity index (χ2v) is 4.75. The minimum atomic E-state index is -0.318. The molecule has 0 amide bonds.